The quantitative estimate of drug-likeness (QED) is 0.527. The first-order valence-corrected chi connectivity index (χ1v) is 10.8. The van der Waals surface area contributed by atoms with Crippen LogP contribution in [0.25, 0.3) is 0 Å². The summed E-state index contributed by atoms with van der Waals surface area (Å²) in [5.41, 5.74) is 1.99. The van der Waals surface area contributed by atoms with Crippen molar-refractivity contribution in [3.05, 3.63) is 77.3 Å². The second-order valence-electron chi connectivity index (χ2n) is 8.01. The fourth-order valence-corrected chi connectivity index (χ4v) is 3.97. The van der Waals surface area contributed by atoms with E-state index >= 15 is 0 Å². The minimum atomic E-state index is -0.270. The van der Waals surface area contributed by atoms with Gasteiger partial charge in [0.15, 0.2) is 18.1 Å². The van der Waals surface area contributed by atoms with Gasteiger partial charge in [-0.1, -0.05) is 18.2 Å². The number of methoxy groups -OCH3 is 1. The summed E-state index contributed by atoms with van der Waals surface area (Å²) < 4.78 is 30.3. The van der Waals surface area contributed by atoms with Gasteiger partial charge in [0.05, 0.1) is 13.3 Å². The summed E-state index contributed by atoms with van der Waals surface area (Å²) in [5, 5.41) is 0. The number of piperidine rings is 1. The minimum absolute atomic E-state index is 0.0843. The van der Waals surface area contributed by atoms with Crippen LogP contribution in [-0.4, -0.2) is 36.1 Å². The van der Waals surface area contributed by atoms with E-state index in [4.69, 9.17) is 13.9 Å². The molecule has 32 heavy (non-hydrogen) atoms. The zero-order chi connectivity index (χ0) is 22.5. The topological polar surface area (TPSA) is 64.8 Å². The lowest BCUT2D eigenvalue weighted by atomic mass is 10.0. The Hall–Kier alpha value is -3.35. The van der Waals surface area contributed by atoms with Crippen LogP contribution in [0.5, 0.6) is 11.5 Å². The molecule has 0 aliphatic carbocycles. The smallest absolute Gasteiger partial charge is 0.261 e. The number of likely N-dealkylation sites (tertiary alicyclic amines) is 1. The third-order valence-electron chi connectivity index (χ3n) is 5.64. The molecule has 2 aromatic carbocycles. The molecule has 1 aliphatic rings. The van der Waals surface area contributed by atoms with Crippen molar-refractivity contribution in [3.63, 3.8) is 0 Å². The van der Waals surface area contributed by atoms with Crippen molar-refractivity contribution in [1.82, 2.24) is 9.88 Å². The van der Waals surface area contributed by atoms with Crippen molar-refractivity contribution in [2.45, 2.75) is 38.6 Å². The van der Waals surface area contributed by atoms with Gasteiger partial charge in [-0.25, -0.2) is 9.37 Å². The van der Waals surface area contributed by atoms with Crippen LogP contribution in [0, 0.1) is 12.7 Å². The highest BCUT2D eigenvalue weighted by Gasteiger charge is 2.31. The zero-order valence-electron chi connectivity index (χ0n) is 18.3. The predicted molar refractivity (Wildman–Crippen MR) is 117 cm³/mol. The predicted octanol–water partition coefficient (Wildman–Crippen LogP) is 4.85. The number of carbonyl (C=O) groups excluding carboxylic acids is 1. The van der Waals surface area contributed by atoms with Crippen LogP contribution in [-0.2, 0) is 11.2 Å². The summed E-state index contributed by atoms with van der Waals surface area (Å²) in [5.74, 6) is 1.97. The number of benzene rings is 2. The molecule has 0 bridgehead atoms. The average molecular weight is 438 g/mol. The molecule has 0 spiro atoms. The second kappa shape index (κ2) is 9.85. The maximum atomic E-state index is 13.1. The van der Waals surface area contributed by atoms with E-state index in [2.05, 4.69) is 4.98 Å². The number of ether oxygens (including phenoxy) is 2. The highest BCUT2D eigenvalue weighted by Crippen LogP contribution is 2.32. The van der Waals surface area contributed by atoms with E-state index in [-0.39, 0.29) is 24.4 Å². The van der Waals surface area contributed by atoms with Crippen molar-refractivity contribution < 1.29 is 23.1 Å². The van der Waals surface area contributed by atoms with Crippen LogP contribution in [0.2, 0.25) is 0 Å². The molecule has 3 aromatic rings. The molecule has 1 amide bonds. The van der Waals surface area contributed by atoms with Crippen molar-refractivity contribution in [3.8, 4) is 11.5 Å². The summed E-state index contributed by atoms with van der Waals surface area (Å²) in [6.45, 7) is 2.52. The molecule has 0 radical (unpaired) electrons. The molecule has 0 unspecified atom stereocenters. The van der Waals surface area contributed by atoms with Crippen molar-refractivity contribution >= 4 is 5.91 Å². The second-order valence-corrected chi connectivity index (χ2v) is 8.01. The molecule has 2 heterocycles. The van der Waals surface area contributed by atoms with Crippen LogP contribution in [0.1, 0.15) is 48.1 Å². The number of amides is 1. The number of carbonyl (C=O) groups is 1. The van der Waals surface area contributed by atoms with Gasteiger partial charge in [0.2, 0.25) is 5.89 Å². The molecule has 1 aromatic heterocycles. The molecule has 1 fully saturated rings. The number of oxazole rings is 1. The molecular formula is C25H27FN2O4. The summed E-state index contributed by atoms with van der Waals surface area (Å²) in [7, 11) is 1.58. The third kappa shape index (κ3) is 5.10. The van der Waals surface area contributed by atoms with E-state index in [1.54, 1.807) is 30.3 Å². The Morgan fingerprint density at radius 3 is 2.78 bits per heavy atom. The van der Waals surface area contributed by atoms with Crippen LogP contribution >= 0.6 is 0 Å². The van der Waals surface area contributed by atoms with Gasteiger partial charge in [-0.05, 0) is 61.6 Å². The van der Waals surface area contributed by atoms with Crippen molar-refractivity contribution in [2.24, 2.45) is 0 Å². The lowest BCUT2D eigenvalue weighted by Gasteiger charge is -2.33. The minimum Gasteiger partial charge on any atom is -0.493 e. The number of halogens is 1. The molecule has 0 saturated carbocycles. The maximum Gasteiger partial charge on any atom is 0.261 e. The van der Waals surface area contributed by atoms with Crippen molar-refractivity contribution in [2.75, 3.05) is 20.3 Å². The first kappa shape index (κ1) is 21.9. The van der Waals surface area contributed by atoms with Crippen molar-refractivity contribution in [1.29, 1.82) is 0 Å². The largest absolute Gasteiger partial charge is 0.493 e. The lowest BCUT2D eigenvalue weighted by molar-refractivity contribution is -0.137. The number of aryl methyl sites for hydroxylation is 1. The molecule has 1 atom stereocenters. The van der Waals surface area contributed by atoms with Gasteiger partial charge >= 0.3 is 0 Å². The Morgan fingerprint density at radius 1 is 1.19 bits per heavy atom. The molecule has 1 saturated heterocycles. The number of hydrogen-bond donors (Lipinski definition) is 0. The summed E-state index contributed by atoms with van der Waals surface area (Å²) in [4.78, 5) is 19.2. The first-order chi connectivity index (χ1) is 15.5. The maximum absolute atomic E-state index is 13.1. The fraction of sp³-hybridized carbons (Fsp3) is 0.360. The van der Waals surface area contributed by atoms with Gasteiger partial charge in [-0.2, -0.15) is 0 Å². The Balaban J connectivity index is 1.43. The van der Waals surface area contributed by atoms with Gasteiger partial charge in [-0.15, -0.1) is 0 Å². The van der Waals surface area contributed by atoms with E-state index in [1.807, 2.05) is 25.1 Å². The summed E-state index contributed by atoms with van der Waals surface area (Å²) in [6.07, 6.45) is 4.92. The third-order valence-corrected chi connectivity index (χ3v) is 5.64. The SMILES string of the molecule is COc1cc(C)ccc1OCC(=O)N1CCCC[C@@H]1c1ncc(Cc2ccc(F)cc2)o1. The Kier molecular flexibility index (Phi) is 6.73. The Labute approximate surface area is 187 Å². The number of aromatic nitrogens is 1. The van der Waals surface area contributed by atoms with E-state index in [0.717, 1.165) is 30.4 Å². The fourth-order valence-electron chi connectivity index (χ4n) is 3.97. The highest BCUT2D eigenvalue weighted by atomic mass is 19.1. The van der Waals surface area contributed by atoms with E-state index in [1.165, 1.54) is 12.1 Å². The molecule has 168 valence electrons. The molecule has 0 N–H and O–H groups in total. The Bertz CT molecular complexity index is 1060. The average Bonchev–Trinajstić information content (AvgIpc) is 3.27. The number of rotatable bonds is 7. The molecule has 4 rings (SSSR count). The molecule has 7 heteroatoms. The van der Waals surface area contributed by atoms with E-state index in [0.29, 0.717) is 36.1 Å². The zero-order valence-corrected chi connectivity index (χ0v) is 18.3. The van der Waals surface area contributed by atoms with Gasteiger partial charge in [0.25, 0.3) is 5.91 Å². The van der Waals surface area contributed by atoms with Crippen LogP contribution in [0.4, 0.5) is 4.39 Å². The van der Waals surface area contributed by atoms with E-state index < -0.39 is 0 Å². The summed E-state index contributed by atoms with van der Waals surface area (Å²) in [6, 6.07) is 11.7. The van der Waals surface area contributed by atoms with Crippen LogP contribution in [0.3, 0.4) is 0 Å². The van der Waals surface area contributed by atoms with Gasteiger partial charge in [0, 0.05) is 13.0 Å². The van der Waals surface area contributed by atoms with Gasteiger partial charge in [0.1, 0.15) is 17.6 Å². The molecular weight excluding hydrogens is 411 g/mol. The number of nitrogens with zero attached hydrogens (tertiary/aromatic N) is 2. The highest BCUT2D eigenvalue weighted by molar-refractivity contribution is 5.78. The standard InChI is InChI=1S/C25H27FN2O4/c1-17-6-11-22(23(13-17)30-2)31-16-24(29)28-12-4-3-5-21(28)25-27-15-20(32-25)14-18-7-9-19(26)10-8-18/h6-11,13,15,21H,3-5,12,14,16H2,1-2H3/t21-/m1/s1. The monoisotopic (exact) mass is 438 g/mol. The van der Waals surface area contributed by atoms with Crippen LogP contribution in [0.15, 0.2) is 53.1 Å². The van der Waals surface area contributed by atoms with Gasteiger partial charge < -0.3 is 18.8 Å². The Morgan fingerprint density at radius 2 is 2.00 bits per heavy atom. The number of hydrogen-bond acceptors (Lipinski definition) is 5. The lowest BCUT2D eigenvalue weighted by Crippen LogP contribution is -2.41. The van der Waals surface area contributed by atoms with E-state index in [9.17, 15) is 9.18 Å². The summed E-state index contributed by atoms with van der Waals surface area (Å²) >= 11 is 0. The van der Waals surface area contributed by atoms with Gasteiger partial charge in [-0.3, -0.25) is 4.79 Å². The van der Waals surface area contributed by atoms with Crippen LogP contribution < -0.4 is 9.47 Å². The first-order valence-electron chi connectivity index (χ1n) is 10.8. The molecule has 6 nitrogen and oxygen atoms in total. The molecule has 1 aliphatic heterocycles. The normalized spacial score (nSPS) is 16.1.